The van der Waals surface area contributed by atoms with E-state index in [1.807, 2.05) is 0 Å². The summed E-state index contributed by atoms with van der Waals surface area (Å²) in [6.45, 7) is -0.727. The third-order valence-corrected chi connectivity index (χ3v) is 2.41. The maximum Gasteiger partial charge on any atom is 0.345 e. The number of nitrogens with two attached hydrogens (primary N) is 1. The third kappa shape index (κ3) is 3.39. The van der Waals surface area contributed by atoms with Crippen molar-refractivity contribution in [2.24, 2.45) is 0 Å². The minimum atomic E-state index is -1.05. The molecular weight excluding hydrogens is 286 g/mol. The summed E-state index contributed by atoms with van der Waals surface area (Å²) in [5.74, 6) is -0.0576. The first-order valence-corrected chi connectivity index (χ1v) is 5.24. The number of pyridine rings is 1. The van der Waals surface area contributed by atoms with Crippen LogP contribution >= 0.6 is 23.2 Å². The van der Waals surface area contributed by atoms with Gasteiger partial charge in [0.2, 0.25) is 11.8 Å². The van der Waals surface area contributed by atoms with E-state index in [1.165, 1.54) is 0 Å². The number of carbonyl (C=O) groups is 1. The molecule has 1 aromatic rings. The maximum absolute atomic E-state index is 13.1. The van der Waals surface area contributed by atoms with Gasteiger partial charge in [-0.1, -0.05) is 29.1 Å². The van der Waals surface area contributed by atoms with Crippen molar-refractivity contribution in [2.45, 2.75) is 0 Å². The highest BCUT2D eigenvalue weighted by molar-refractivity contribution is 6.39. The lowest BCUT2D eigenvalue weighted by molar-refractivity contribution is -0.144. The van der Waals surface area contributed by atoms with E-state index in [0.717, 1.165) is 0 Å². The summed E-state index contributed by atoms with van der Waals surface area (Å²) in [7, 11) is 0. The Hall–Kier alpha value is -1.71. The highest BCUT2D eigenvalue weighted by atomic mass is 35.5. The van der Waals surface area contributed by atoms with E-state index in [0.29, 0.717) is 0 Å². The number of aromatic nitrogens is 1. The van der Waals surface area contributed by atoms with E-state index < -0.39 is 23.5 Å². The average Bonchev–Trinajstić information content (AvgIpc) is 2.36. The molecule has 0 bridgehead atoms. The van der Waals surface area contributed by atoms with Crippen LogP contribution in [0.4, 0.5) is 10.1 Å². The van der Waals surface area contributed by atoms with Crippen LogP contribution in [0.1, 0.15) is 0 Å². The van der Waals surface area contributed by atoms with Gasteiger partial charge in [-0.3, -0.25) is 0 Å². The molecule has 0 aliphatic carbocycles. The van der Waals surface area contributed by atoms with Crippen molar-refractivity contribution in [1.29, 1.82) is 0 Å². The molecule has 18 heavy (non-hydrogen) atoms. The van der Waals surface area contributed by atoms with Crippen LogP contribution in [-0.4, -0.2) is 24.2 Å². The van der Waals surface area contributed by atoms with Gasteiger partial charge < -0.3 is 15.2 Å². The summed E-state index contributed by atoms with van der Waals surface area (Å²) in [6, 6.07) is 0. The fourth-order valence-corrected chi connectivity index (χ4v) is 1.27. The molecule has 5 nitrogen and oxygen atoms in total. The fourth-order valence-electron chi connectivity index (χ4n) is 0.897. The molecule has 96 valence electrons. The molecule has 0 amide bonds. The van der Waals surface area contributed by atoms with Gasteiger partial charge in [-0.2, -0.15) is 9.37 Å². The smallest absolute Gasteiger partial charge is 0.345 e. The Kier molecular flexibility index (Phi) is 5.01. The molecule has 0 radical (unpaired) electrons. The number of nitrogens with zero attached hydrogens (tertiary/aromatic N) is 1. The minimum Gasteiger partial charge on any atom is -0.464 e. The topological polar surface area (TPSA) is 74.4 Å². The lowest BCUT2D eigenvalue weighted by Gasteiger charge is -2.09. The molecule has 0 aromatic carbocycles. The number of carbonyl (C=O) groups excluding carboxylic acids is 1. The first-order valence-electron chi connectivity index (χ1n) is 4.49. The molecule has 1 aromatic heterocycles. The summed E-state index contributed by atoms with van der Waals surface area (Å²) in [4.78, 5) is 14.4. The molecule has 0 atom stereocenters. The summed E-state index contributed by atoms with van der Waals surface area (Å²) < 4.78 is 22.5. The second-order valence-corrected chi connectivity index (χ2v) is 3.66. The quantitative estimate of drug-likeness (QED) is 0.519. The van der Waals surface area contributed by atoms with Crippen molar-refractivity contribution in [3.8, 4) is 18.2 Å². The van der Waals surface area contributed by atoms with Crippen LogP contribution in [0.15, 0.2) is 0 Å². The molecule has 0 saturated carbocycles. The van der Waals surface area contributed by atoms with Crippen molar-refractivity contribution in [3.63, 3.8) is 0 Å². The number of hydrogen-bond acceptors (Lipinski definition) is 5. The minimum absolute atomic E-state index is 0.189. The van der Waals surface area contributed by atoms with Crippen molar-refractivity contribution in [1.82, 2.24) is 4.98 Å². The average molecular weight is 293 g/mol. The zero-order valence-electron chi connectivity index (χ0n) is 8.87. The first kappa shape index (κ1) is 14.4. The Balaban J connectivity index is 2.75. The zero-order chi connectivity index (χ0) is 13.7. The number of esters is 1. The first-order chi connectivity index (χ1) is 8.47. The Morgan fingerprint density at radius 1 is 1.50 bits per heavy atom. The van der Waals surface area contributed by atoms with Gasteiger partial charge >= 0.3 is 5.97 Å². The molecule has 0 aliphatic heterocycles. The van der Waals surface area contributed by atoms with Gasteiger partial charge in [0.05, 0.1) is 5.69 Å². The normalized spacial score (nSPS) is 9.67. The van der Waals surface area contributed by atoms with Crippen LogP contribution in [0, 0.1) is 18.3 Å². The molecule has 0 saturated heterocycles. The van der Waals surface area contributed by atoms with E-state index in [9.17, 15) is 9.18 Å². The summed E-state index contributed by atoms with van der Waals surface area (Å²) in [5.41, 5.74) is 5.18. The Morgan fingerprint density at radius 3 is 2.78 bits per heavy atom. The van der Waals surface area contributed by atoms with Crippen LogP contribution < -0.4 is 10.5 Å². The second kappa shape index (κ2) is 6.28. The number of halogens is 3. The standard InChI is InChI=1S/C10H7Cl2FN2O3/c1-2-3-17-5(16)4-18-10-7(12)8(14)6(11)9(13)15-10/h1H,3-4H2,(H2,14,15). The second-order valence-electron chi connectivity index (χ2n) is 2.90. The van der Waals surface area contributed by atoms with Gasteiger partial charge in [0.1, 0.15) is 10.0 Å². The Morgan fingerprint density at radius 2 is 2.17 bits per heavy atom. The summed E-state index contributed by atoms with van der Waals surface area (Å²) >= 11 is 11.2. The number of ether oxygens (including phenoxy) is 2. The van der Waals surface area contributed by atoms with Crippen LogP contribution in [0.5, 0.6) is 5.88 Å². The van der Waals surface area contributed by atoms with Gasteiger partial charge in [-0.15, -0.1) is 6.42 Å². The Labute approximate surface area is 112 Å². The van der Waals surface area contributed by atoms with Gasteiger partial charge in [0.25, 0.3) is 0 Å². The SMILES string of the molecule is C#CCOC(=O)COc1nc(F)c(Cl)c(N)c1Cl. The number of hydrogen-bond donors (Lipinski definition) is 1. The van der Waals surface area contributed by atoms with Crippen LogP contribution in [0.2, 0.25) is 10.0 Å². The number of terminal acetylenes is 1. The largest absolute Gasteiger partial charge is 0.464 e. The summed E-state index contributed by atoms with van der Waals surface area (Å²) in [6.07, 6.45) is 4.88. The summed E-state index contributed by atoms with van der Waals surface area (Å²) in [5, 5.41) is -0.603. The van der Waals surface area contributed by atoms with Gasteiger partial charge in [0, 0.05) is 0 Å². The van der Waals surface area contributed by atoms with Crippen molar-refractivity contribution in [3.05, 3.63) is 16.0 Å². The highest BCUT2D eigenvalue weighted by Gasteiger charge is 2.17. The van der Waals surface area contributed by atoms with E-state index >= 15 is 0 Å². The molecule has 8 heteroatoms. The van der Waals surface area contributed by atoms with Crippen LogP contribution in [-0.2, 0) is 9.53 Å². The fraction of sp³-hybridized carbons (Fsp3) is 0.200. The lowest BCUT2D eigenvalue weighted by Crippen LogP contribution is -2.16. The van der Waals surface area contributed by atoms with Gasteiger partial charge in [0.15, 0.2) is 13.2 Å². The van der Waals surface area contributed by atoms with Gasteiger partial charge in [-0.05, 0) is 0 Å². The molecule has 2 N–H and O–H groups in total. The number of rotatable bonds is 4. The van der Waals surface area contributed by atoms with E-state index in [1.54, 1.807) is 0 Å². The van der Waals surface area contributed by atoms with E-state index in [4.69, 9.17) is 40.1 Å². The van der Waals surface area contributed by atoms with Crippen molar-refractivity contribution >= 4 is 34.9 Å². The molecule has 0 unspecified atom stereocenters. The molecule has 0 aliphatic rings. The van der Waals surface area contributed by atoms with Crippen LogP contribution in [0.3, 0.4) is 0 Å². The molecule has 1 rings (SSSR count). The maximum atomic E-state index is 13.1. The molecule has 0 spiro atoms. The molecular formula is C10H7Cl2FN2O3. The van der Waals surface area contributed by atoms with Gasteiger partial charge in [-0.25, -0.2) is 4.79 Å². The molecule has 0 fully saturated rings. The monoisotopic (exact) mass is 292 g/mol. The zero-order valence-corrected chi connectivity index (χ0v) is 10.4. The van der Waals surface area contributed by atoms with Crippen molar-refractivity contribution in [2.75, 3.05) is 18.9 Å². The van der Waals surface area contributed by atoms with Crippen LogP contribution in [0.25, 0.3) is 0 Å². The highest BCUT2D eigenvalue weighted by Crippen LogP contribution is 2.35. The van der Waals surface area contributed by atoms with E-state index in [-0.39, 0.29) is 23.2 Å². The van der Waals surface area contributed by atoms with Crippen molar-refractivity contribution < 1.29 is 18.7 Å². The predicted octanol–water partition coefficient (Wildman–Crippen LogP) is 1.66. The number of nitrogen functional groups attached to an aromatic ring is 1. The third-order valence-electron chi connectivity index (χ3n) is 1.68. The predicted molar refractivity (Wildman–Crippen MR) is 63.9 cm³/mol. The lowest BCUT2D eigenvalue weighted by atomic mass is 10.4. The molecule has 1 heterocycles. The number of anilines is 1. The Bertz CT molecular complexity index is 517. The van der Waals surface area contributed by atoms with E-state index in [2.05, 4.69) is 15.6 Å².